The van der Waals surface area contributed by atoms with E-state index in [9.17, 15) is 0 Å². The molecule has 53 heavy (non-hydrogen) atoms. The maximum absolute atomic E-state index is 5.20. The number of benzene rings is 7. The standard InChI is InChI=1S/C46H26N4S3/c1-2-11-28(12-3-1)43-48-44(29-25-23-27(24-26-29)30-14-8-15-32-31-13-4-6-20-37(31)51-41(30)32)50-45(49-43)34-17-10-22-39-40(34)33-16-9-18-35(42(33)52-39)46-47-36-19-5-7-21-38(36)53-46/h1-26H. The number of hydrogen-bond acceptors (Lipinski definition) is 7. The summed E-state index contributed by atoms with van der Waals surface area (Å²) >= 11 is 5.39. The fraction of sp³-hybridized carbons (Fsp3) is 0. The molecule has 0 saturated heterocycles. The average Bonchev–Trinajstić information content (AvgIpc) is 3.94. The van der Waals surface area contributed by atoms with Crippen molar-refractivity contribution in [2.75, 3.05) is 0 Å². The van der Waals surface area contributed by atoms with E-state index in [-0.39, 0.29) is 0 Å². The van der Waals surface area contributed by atoms with Crippen molar-refractivity contribution in [3.05, 3.63) is 158 Å². The Kier molecular flexibility index (Phi) is 7.05. The summed E-state index contributed by atoms with van der Waals surface area (Å²) in [6, 6.07) is 55.4. The second-order valence-corrected chi connectivity index (χ2v) is 16.1. The summed E-state index contributed by atoms with van der Waals surface area (Å²) in [5.41, 5.74) is 7.47. The van der Waals surface area contributed by atoms with Crippen molar-refractivity contribution in [3.63, 3.8) is 0 Å². The van der Waals surface area contributed by atoms with Crippen molar-refractivity contribution in [3.8, 4) is 55.9 Å². The summed E-state index contributed by atoms with van der Waals surface area (Å²) in [5, 5.41) is 5.96. The lowest BCUT2D eigenvalue weighted by molar-refractivity contribution is 1.08. The fourth-order valence-corrected chi connectivity index (χ4v) is 10.8. The molecule has 0 amide bonds. The summed E-state index contributed by atoms with van der Waals surface area (Å²) in [6.45, 7) is 0. The van der Waals surface area contributed by atoms with Gasteiger partial charge in [0.2, 0.25) is 0 Å². The van der Waals surface area contributed by atoms with Crippen molar-refractivity contribution >= 4 is 84.6 Å². The van der Waals surface area contributed by atoms with Crippen LogP contribution in [0.1, 0.15) is 0 Å². The number of nitrogens with zero attached hydrogens (tertiary/aromatic N) is 4. The van der Waals surface area contributed by atoms with Crippen LogP contribution in [0.4, 0.5) is 0 Å². The Morgan fingerprint density at radius 2 is 0.887 bits per heavy atom. The van der Waals surface area contributed by atoms with Gasteiger partial charge in [0.1, 0.15) is 5.01 Å². The Morgan fingerprint density at radius 3 is 1.72 bits per heavy atom. The van der Waals surface area contributed by atoms with Gasteiger partial charge in [-0.3, -0.25) is 0 Å². The smallest absolute Gasteiger partial charge is 0.164 e. The molecule has 7 heteroatoms. The first kappa shape index (κ1) is 30.5. The molecule has 4 heterocycles. The van der Waals surface area contributed by atoms with Crippen LogP contribution in [0, 0.1) is 0 Å². The van der Waals surface area contributed by atoms with E-state index in [1.54, 1.807) is 22.7 Å². The third-order valence-electron chi connectivity index (χ3n) is 9.81. The maximum atomic E-state index is 5.20. The van der Waals surface area contributed by atoms with Crippen molar-refractivity contribution in [2.45, 2.75) is 0 Å². The van der Waals surface area contributed by atoms with Crippen molar-refractivity contribution in [2.24, 2.45) is 0 Å². The highest BCUT2D eigenvalue weighted by atomic mass is 32.1. The summed E-state index contributed by atoms with van der Waals surface area (Å²) < 4.78 is 6.21. The highest BCUT2D eigenvalue weighted by molar-refractivity contribution is 7.27. The third kappa shape index (κ3) is 5.08. The van der Waals surface area contributed by atoms with Gasteiger partial charge >= 0.3 is 0 Å². The summed E-state index contributed by atoms with van der Waals surface area (Å²) in [6.07, 6.45) is 0. The molecular weight excluding hydrogens is 705 g/mol. The van der Waals surface area contributed by atoms with Gasteiger partial charge in [-0.05, 0) is 35.4 Å². The van der Waals surface area contributed by atoms with Crippen molar-refractivity contribution in [1.82, 2.24) is 19.9 Å². The first-order chi connectivity index (χ1) is 26.2. The van der Waals surface area contributed by atoms with E-state index in [4.69, 9.17) is 19.9 Å². The SMILES string of the molecule is c1ccc(-c2nc(-c3ccc(-c4cccc5c4sc4ccccc45)cc3)nc(-c3cccc4sc5c(-c6nc7ccccc7s6)cccc5c34)n2)cc1. The molecule has 11 aromatic rings. The lowest BCUT2D eigenvalue weighted by Gasteiger charge is -2.10. The minimum atomic E-state index is 0.646. The van der Waals surface area contributed by atoms with E-state index in [1.807, 2.05) is 35.6 Å². The van der Waals surface area contributed by atoms with Crippen LogP contribution < -0.4 is 0 Å². The molecule has 0 aliphatic rings. The predicted octanol–water partition coefficient (Wildman–Crippen LogP) is 13.6. The summed E-state index contributed by atoms with van der Waals surface area (Å²) in [7, 11) is 0. The zero-order valence-corrected chi connectivity index (χ0v) is 30.5. The second kappa shape index (κ2) is 12.2. The summed E-state index contributed by atoms with van der Waals surface area (Å²) in [4.78, 5) is 20.4. The highest BCUT2D eigenvalue weighted by Crippen LogP contribution is 2.45. The zero-order chi connectivity index (χ0) is 34.9. The Morgan fingerprint density at radius 1 is 0.321 bits per heavy atom. The van der Waals surface area contributed by atoms with Crippen molar-refractivity contribution < 1.29 is 0 Å². The minimum Gasteiger partial charge on any atom is -0.236 e. The monoisotopic (exact) mass is 730 g/mol. The van der Waals surface area contributed by atoms with Gasteiger partial charge in [0.15, 0.2) is 17.5 Å². The lowest BCUT2D eigenvalue weighted by atomic mass is 10.0. The van der Waals surface area contributed by atoms with Crippen LogP contribution in [-0.4, -0.2) is 19.9 Å². The zero-order valence-electron chi connectivity index (χ0n) is 28.0. The van der Waals surface area contributed by atoms with E-state index < -0.39 is 0 Å². The molecule has 0 saturated carbocycles. The van der Waals surface area contributed by atoms with Crippen molar-refractivity contribution in [1.29, 1.82) is 0 Å². The fourth-order valence-electron chi connectivity index (χ4n) is 7.31. The molecule has 0 N–H and O–H groups in total. The quantitative estimate of drug-likeness (QED) is 0.177. The number of fused-ring (bicyclic) bond motifs is 7. The van der Waals surface area contributed by atoms with Gasteiger partial charge in [-0.2, -0.15) is 0 Å². The molecule has 0 atom stereocenters. The average molecular weight is 731 g/mol. The number of thiazole rings is 1. The first-order valence-electron chi connectivity index (χ1n) is 17.4. The van der Waals surface area contributed by atoms with Gasteiger partial charge in [-0.1, -0.05) is 133 Å². The van der Waals surface area contributed by atoms with E-state index >= 15 is 0 Å². The van der Waals surface area contributed by atoms with E-state index in [1.165, 1.54) is 50.8 Å². The third-order valence-corrected chi connectivity index (χ3v) is 13.3. The van der Waals surface area contributed by atoms with Crippen LogP contribution >= 0.6 is 34.0 Å². The molecule has 0 unspecified atom stereocenters. The molecule has 7 aromatic carbocycles. The second-order valence-electron chi connectivity index (χ2n) is 13.0. The molecule has 0 fully saturated rings. The van der Waals surface area contributed by atoms with E-state index in [0.29, 0.717) is 17.5 Å². The normalized spacial score (nSPS) is 11.8. The molecule has 4 aromatic heterocycles. The predicted molar refractivity (Wildman–Crippen MR) is 226 cm³/mol. The first-order valence-corrected chi connectivity index (χ1v) is 19.8. The molecule has 0 spiro atoms. The molecule has 0 radical (unpaired) electrons. The number of rotatable bonds is 5. The Bertz CT molecular complexity index is 3140. The van der Waals surface area contributed by atoms with Gasteiger partial charge < -0.3 is 0 Å². The molecule has 0 aliphatic heterocycles. The molecule has 4 nitrogen and oxygen atoms in total. The lowest BCUT2D eigenvalue weighted by Crippen LogP contribution is -2.00. The van der Waals surface area contributed by atoms with Gasteiger partial charge in [-0.25, -0.2) is 19.9 Å². The molecule has 0 bridgehead atoms. The highest BCUT2D eigenvalue weighted by Gasteiger charge is 2.20. The van der Waals surface area contributed by atoms with Gasteiger partial charge in [-0.15, -0.1) is 34.0 Å². The van der Waals surface area contributed by atoms with Gasteiger partial charge in [0.05, 0.1) is 10.2 Å². The largest absolute Gasteiger partial charge is 0.236 e. The van der Waals surface area contributed by atoms with Crippen LogP contribution in [0.15, 0.2) is 158 Å². The molecular formula is C46H26N4S3. The van der Waals surface area contributed by atoms with Crippen LogP contribution in [0.25, 0.3) is 106 Å². The molecule has 0 aliphatic carbocycles. The Labute approximate surface area is 316 Å². The van der Waals surface area contributed by atoms with E-state index in [0.717, 1.165) is 38.2 Å². The van der Waals surface area contributed by atoms with Crippen LogP contribution in [-0.2, 0) is 0 Å². The van der Waals surface area contributed by atoms with Crippen LogP contribution in [0.2, 0.25) is 0 Å². The van der Waals surface area contributed by atoms with Gasteiger partial charge in [0.25, 0.3) is 0 Å². The topological polar surface area (TPSA) is 51.6 Å². The number of aromatic nitrogens is 4. The van der Waals surface area contributed by atoms with E-state index in [2.05, 4.69) is 133 Å². The Hall–Kier alpha value is -6.12. The van der Waals surface area contributed by atoms with Gasteiger partial charge in [0, 0.05) is 62.6 Å². The number of para-hydroxylation sites is 1. The molecule has 11 rings (SSSR count). The maximum Gasteiger partial charge on any atom is 0.164 e. The number of hydrogen-bond donors (Lipinski definition) is 0. The minimum absolute atomic E-state index is 0.646. The van der Waals surface area contributed by atoms with Crippen LogP contribution in [0.5, 0.6) is 0 Å². The van der Waals surface area contributed by atoms with Crippen LogP contribution in [0.3, 0.4) is 0 Å². The molecule has 248 valence electrons. The summed E-state index contributed by atoms with van der Waals surface area (Å²) in [5.74, 6) is 1.95. The number of thiophene rings is 2. The Balaban J connectivity index is 1.06.